The van der Waals surface area contributed by atoms with Crippen LogP contribution < -0.4 is 5.32 Å². The molecule has 1 N–H and O–H groups in total. The molecule has 0 radical (unpaired) electrons. The fraction of sp³-hybridized carbons (Fsp3) is 0.278. The number of hydrogen-bond donors (Lipinski definition) is 1. The van der Waals surface area contributed by atoms with Crippen molar-refractivity contribution in [1.29, 1.82) is 0 Å². The molecule has 4 rings (SSSR count). The van der Waals surface area contributed by atoms with Crippen LogP contribution >= 0.6 is 0 Å². The van der Waals surface area contributed by atoms with Crippen molar-refractivity contribution in [3.8, 4) is 11.1 Å². The molecule has 0 fully saturated rings. The minimum absolute atomic E-state index is 0.116. The van der Waals surface area contributed by atoms with Crippen LogP contribution in [0.4, 0.5) is 5.69 Å². The summed E-state index contributed by atoms with van der Waals surface area (Å²) in [6, 6.07) is 12.7. The molecule has 2 heterocycles. The largest absolute Gasteiger partial charge is 0.325 e. The molecule has 0 spiro atoms. The summed E-state index contributed by atoms with van der Waals surface area (Å²) in [5.74, 6) is 0.116. The Labute approximate surface area is 124 Å². The molecular weight excluding hydrogens is 260 g/mol. The van der Waals surface area contributed by atoms with Gasteiger partial charge in [0.05, 0.1) is 6.42 Å². The van der Waals surface area contributed by atoms with Gasteiger partial charge in [-0.05, 0) is 47.4 Å². The van der Waals surface area contributed by atoms with Crippen molar-refractivity contribution in [3.63, 3.8) is 0 Å². The van der Waals surface area contributed by atoms with Gasteiger partial charge >= 0.3 is 0 Å². The molecule has 0 aliphatic carbocycles. The van der Waals surface area contributed by atoms with Crippen molar-refractivity contribution in [2.75, 3.05) is 18.9 Å². The molecular formula is C18H18N2O. The van der Waals surface area contributed by atoms with Gasteiger partial charge in [0, 0.05) is 18.8 Å². The maximum atomic E-state index is 11.8. The van der Waals surface area contributed by atoms with Gasteiger partial charge in [0.15, 0.2) is 0 Å². The zero-order valence-electron chi connectivity index (χ0n) is 12.1. The predicted octanol–water partition coefficient (Wildman–Crippen LogP) is 2.84. The highest BCUT2D eigenvalue weighted by Crippen LogP contribution is 2.39. The van der Waals surface area contributed by atoms with E-state index in [4.69, 9.17) is 0 Å². The average molecular weight is 278 g/mol. The van der Waals surface area contributed by atoms with Crippen LogP contribution in [0.2, 0.25) is 0 Å². The Kier molecular flexibility index (Phi) is 2.82. The Bertz CT molecular complexity index is 722. The van der Waals surface area contributed by atoms with E-state index in [-0.39, 0.29) is 5.91 Å². The van der Waals surface area contributed by atoms with Crippen LogP contribution in [0, 0.1) is 0 Å². The maximum Gasteiger partial charge on any atom is 0.228 e. The van der Waals surface area contributed by atoms with Gasteiger partial charge in [0.2, 0.25) is 5.91 Å². The van der Waals surface area contributed by atoms with E-state index in [1.165, 1.54) is 22.3 Å². The lowest BCUT2D eigenvalue weighted by molar-refractivity contribution is -0.115. The van der Waals surface area contributed by atoms with Gasteiger partial charge in [-0.15, -0.1) is 0 Å². The standard InChI is InChI=1S/C18H18N2O/c1-20-8-7-14-15(12-5-3-2-4-6-12)9-13-10-17(21)19-18(13)16(14)11-20/h2-6,9H,7-8,10-11H2,1H3,(H,19,21). The summed E-state index contributed by atoms with van der Waals surface area (Å²) in [5, 5.41) is 3.06. The third-order valence-electron chi connectivity index (χ3n) is 4.50. The Morgan fingerprint density at radius 1 is 1.14 bits per heavy atom. The molecule has 21 heavy (non-hydrogen) atoms. The van der Waals surface area contributed by atoms with E-state index in [9.17, 15) is 4.79 Å². The van der Waals surface area contributed by atoms with Crippen LogP contribution in [-0.2, 0) is 24.2 Å². The van der Waals surface area contributed by atoms with Gasteiger partial charge in [-0.2, -0.15) is 0 Å². The molecule has 0 saturated heterocycles. The number of benzene rings is 2. The number of amides is 1. The monoisotopic (exact) mass is 278 g/mol. The second-order valence-electron chi connectivity index (χ2n) is 5.99. The van der Waals surface area contributed by atoms with Gasteiger partial charge < -0.3 is 10.2 Å². The number of likely N-dealkylation sites (N-methyl/N-ethyl adjacent to an activating group) is 1. The van der Waals surface area contributed by atoms with E-state index in [1.54, 1.807) is 0 Å². The first-order chi connectivity index (χ1) is 10.2. The van der Waals surface area contributed by atoms with Gasteiger partial charge in [0.1, 0.15) is 0 Å². The quantitative estimate of drug-likeness (QED) is 0.870. The van der Waals surface area contributed by atoms with Gasteiger partial charge in [-0.25, -0.2) is 0 Å². The molecule has 2 aromatic rings. The molecule has 3 nitrogen and oxygen atoms in total. The van der Waals surface area contributed by atoms with Gasteiger partial charge in [0.25, 0.3) is 0 Å². The molecule has 3 heteroatoms. The SMILES string of the molecule is CN1CCc2c(-c3ccccc3)cc3c(c2C1)NC(=O)C3. The predicted molar refractivity (Wildman–Crippen MR) is 84.2 cm³/mol. The topological polar surface area (TPSA) is 32.3 Å². The second-order valence-corrected chi connectivity index (χ2v) is 5.99. The van der Waals surface area contributed by atoms with Crippen LogP contribution in [0.3, 0.4) is 0 Å². The number of fused-ring (bicyclic) bond motifs is 3. The smallest absolute Gasteiger partial charge is 0.228 e. The summed E-state index contributed by atoms with van der Waals surface area (Å²) in [6.45, 7) is 1.98. The van der Waals surface area contributed by atoms with Crippen LogP contribution in [0.15, 0.2) is 36.4 Å². The molecule has 0 bridgehead atoms. The lowest BCUT2D eigenvalue weighted by atomic mass is 9.87. The number of hydrogen-bond acceptors (Lipinski definition) is 2. The Morgan fingerprint density at radius 2 is 1.95 bits per heavy atom. The number of carbonyl (C=O) groups excluding carboxylic acids is 1. The van der Waals surface area contributed by atoms with Crippen molar-refractivity contribution in [1.82, 2.24) is 4.90 Å². The van der Waals surface area contributed by atoms with Crippen LogP contribution in [0.25, 0.3) is 11.1 Å². The summed E-state index contributed by atoms with van der Waals surface area (Å²) >= 11 is 0. The molecule has 2 aliphatic heterocycles. The highest BCUT2D eigenvalue weighted by atomic mass is 16.1. The number of rotatable bonds is 1. The van der Waals surface area contributed by atoms with Crippen LogP contribution in [-0.4, -0.2) is 24.4 Å². The zero-order chi connectivity index (χ0) is 14.4. The number of nitrogens with zero attached hydrogens (tertiary/aromatic N) is 1. The first-order valence-corrected chi connectivity index (χ1v) is 7.44. The highest BCUT2D eigenvalue weighted by molar-refractivity contribution is 6.01. The van der Waals surface area contributed by atoms with Crippen LogP contribution in [0.1, 0.15) is 16.7 Å². The zero-order valence-corrected chi connectivity index (χ0v) is 12.1. The van der Waals surface area contributed by atoms with Gasteiger partial charge in [-0.3, -0.25) is 4.79 Å². The maximum absolute atomic E-state index is 11.8. The first kappa shape index (κ1) is 12.6. The summed E-state index contributed by atoms with van der Waals surface area (Å²) in [4.78, 5) is 14.1. The summed E-state index contributed by atoms with van der Waals surface area (Å²) in [5.41, 5.74) is 7.48. The van der Waals surface area contributed by atoms with Crippen molar-refractivity contribution >= 4 is 11.6 Å². The minimum atomic E-state index is 0.116. The van der Waals surface area contributed by atoms with E-state index < -0.39 is 0 Å². The van der Waals surface area contributed by atoms with E-state index in [0.717, 1.165) is 30.8 Å². The summed E-state index contributed by atoms with van der Waals surface area (Å²) in [7, 11) is 2.14. The Balaban J connectivity index is 1.95. The number of carbonyl (C=O) groups is 1. The Morgan fingerprint density at radius 3 is 2.76 bits per heavy atom. The van der Waals surface area contributed by atoms with E-state index in [0.29, 0.717) is 6.42 Å². The van der Waals surface area contributed by atoms with E-state index in [2.05, 4.69) is 47.6 Å². The number of nitrogens with one attached hydrogen (secondary N) is 1. The van der Waals surface area contributed by atoms with Crippen molar-refractivity contribution in [2.45, 2.75) is 19.4 Å². The van der Waals surface area contributed by atoms with E-state index in [1.807, 2.05) is 6.07 Å². The molecule has 106 valence electrons. The molecule has 2 aromatic carbocycles. The summed E-state index contributed by atoms with van der Waals surface area (Å²) < 4.78 is 0. The lowest BCUT2D eigenvalue weighted by Crippen LogP contribution is -2.27. The fourth-order valence-electron chi connectivity index (χ4n) is 3.48. The van der Waals surface area contributed by atoms with Crippen molar-refractivity contribution in [2.24, 2.45) is 0 Å². The first-order valence-electron chi connectivity index (χ1n) is 7.44. The average Bonchev–Trinajstić information content (AvgIpc) is 2.88. The van der Waals surface area contributed by atoms with E-state index >= 15 is 0 Å². The molecule has 0 atom stereocenters. The lowest BCUT2D eigenvalue weighted by Gasteiger charge is -2.29. The molecule has 1 amide bonds. The second kappa shape index (κ2) is 4.71. The van der Waals surface area contributed by atoms with Crippen molar-refractivity contribution in [3.05, 3.63) is 53.1 Å². The number of anilines is 1. The minimum Gasteiger partial charge on any atom is -0.325 e. The third kappa shape index (κ3) is 2.05. The van der Waals surface area contributed by atoms with Crippen LogP contribution in [0.5, 0.6) is 0 Å². The van der Waals surface area contributed by atoms with Crippen molar-refractivity contribution < 1.29 is 4.79 Å². The molecule has 2 aliphatic rings. The van der Waals surface area contributed by atoms with Gasteiger partial charge in [-0.1, -0.05) is 30.3 Å². The molecule has 0 aromatic heterocycles. The Hall–Kier alpha value is -2.13. The summed E-state index contributed by atoms with van der Waals surface area (Å²) in [6.07, 6.45) is 1.55. The normalized spacial score (nSPS) is 17.3. The highest BCUT2D eigenvalue weighted by Gasteiger charge is 2.28. The fourth-order valence-corrected chi connectivity index (χ4v) is 3.48. The third-order valence-corrected chi connectivity index (χ3v) is 4.50. The molecule has 0 unspecified atom stereocenters. The molecule has 0 saturated carbocycles.